The Balaban J connectivity index is 1.82. The monoisotopic (exact) mass is 362 g/mol. The number of ether oxygens (including phenoxy) is 1. The molecule has 134 valence electrons. The lowest BCUT2D eigenvalue weighted by Crippen LogP contribution is -2.28. The summed E-state index contributed by atoms with van der Waals surface area (Å²) in [6.45, 7) is 2.35. The molecule has 0 aromatic heterocycles. The third-order valence-corrected chi connectivity index (χ3v) is 4.88. The topological polar surface area (TPSA) is 75.7 Å². The molecule has 0 unspecified atom stereocenters. The molecule has 6 nitrogen and oxygen atoms in total. The van der Waals surface area contributed by atoms with E-state index in [1.165, 1.54) is 16.9 Å². The highest BCUT2D eigenvalue weighted by Gasteiger charge is 2.11. The fraction of sp³-hybridized carbons (Fsp3) is 0.278. The summed E-state index contributed by atoms with van der Waals surface area (Å²) >= 11 is 0. The van der Waals surface area contributed by atoms with Gasteiger partial charge in [0.2, 0.25) is 10.0 Å². The summed E-state index contributed by atoms with van der Waals surface area (Å²) in [6, 6.07) is 14.4. The Morgan fingerprint density at radius 2 is 1.68 bits per heavy atom. The largest absolute Gasteiger partial charge is 0.484 e. The molecule has 0 bridgehead atoms. The normalized spacial score (nSPS) is 11.0. The maximum absolute atomic E-state index is 11.8. The number of benzene rings is 2. The van der Waals surface area contributed by atoms with E-state index in [2.05, 4.69) is 5.32 Å². The first kappa shape index (κ1) is 18.8. The number of sulfonamides is 1. The van der Waals surface area contributed by atoms with Crippen LogP contribution >= 0.6 is 0 Å². The third kappa shape index (κ3) is 5.79. The van der Waals surface area contributed by atoms with Gasteiger partial charge in [-0.25, -0.2) is 8.42 Å². The van der Waals surface area contributed by atoms with E-state index in [9.17, 15) is 13.2 Å². The van der Waals surface area contributed by atoms with Crippen molar-refractivity contribution in [2.24, 2.45) is 0 Å². The van der Waals surface area contributed by atoms with E-state index in [0.717, 1.165) is 11.8 Å². The van der Waals surface area contributed by atoms with E-state index in [1.54, 1.807) is 24.3 Å². The zero-order chi connectivity index (χ0) is 18.4. The molecule has 0 saturated heterocycles. The van der Waals surface area contributed by atoms with Crippen molar-refractivity contribution in [2.75, 3.05) is 24.2 Å². The Kier molecular flexibility index (Phi) is 6.03. The Morgan fingerprint density at radius 1 is 1.08 bits per heavy atom. The predicted octanol–water partition coefficient (Wildman–Crippen LogP) is 2.09. The van der Waals surface area contributed by atoms with Crippen molar-refractivity contribution in [3.63, 3.8) is 0 Å². The molecule has 1 amide bonds. The third-order valence-electron chi connectivity index (χ3n) is 3.68. The minimum atomic E-state index is -3.30. The molecule has 25 heavy (non-hydrogen) atoms. The van der Waals surface area contributed by atoms with Gasteiger partial charge in [-0.15, -0.1) is 0 Å². The molecule has 0 saturated carbocycles. The molecule has 0 radical (unpaired) electrons. The molecule has 0 spiro atoms. The van der Waals surface area contributed by atoms with Gasteiger partial charge >= 0.3 is 0 Å². The lowest BCUT2D eigenvalue weighted by Gasteiger charge is -2.16. The molecule has 2 aromatic rings. The highest BCUT2D eigenvalue weighted by Crippen LogP contribution is 2.20. The van der Waals surface area contributed by atoms with Gasteiger partial charge in [0.15, 0.2) is 6.61 Å². The number of carbonyl (C=O) groups excluding carboxylic acids is 1. The summed E-state index contributed by atoms with van der Waals surface area (Å²) < 4.78 is 29.5. The van der Waals surface area contributed by atoms with Gasteiger partial charge in [-0.2, -0.15) is 0 Å². The second kappa shape index (κ2) is 8.02. The van der Waals surface area contributed by atoms with Gasteiger partial charge in [0.1, 0.15) is 5.75 Å². The maximum Gasteiger partial charge on any atom is 0.258 e. The summed E-state index contributed by atoms with van der Waals surface area (Å²) in [5.41, 5.74) is 2.72. The lowest BCUT2D eigenvalue weighted by atomic mass is 10.1. The molecule has 2 aromatic carbocycles. The highest BCUT2D eigenvalue weighted by atomic mass is 32.2. The number of rotatable bonds is 7. The summed E-state index contributed by atoms with van der Waals surface area (Å²) in [4.78, 5) is 11.8. The fourth-order valence-electron chi connectivity index (χ4n) is 2.05. The number of aryl methyl sites for hydroxylation is 1. The van der Waals surface area contributed by atoms with Gasteiger partial charge in [-0.1, -0.05) is 29.8 Å². The van der Waals surface area contributed by atoms with Crippen LogP contribution in [0.4, 0.5) is 5.69 Å². The Bertz CT molecular complexity index is 815. The van der Waals surface area contributed by atoms with Crippen molar-refractivity contribution in [3.8, 4) is 5.75 Å². The Morgan fingerprint density at radius 3 is 2.24 bits per heavy atom. The van der Waals surface area contributed by atoms with E-state index in [-0.39, 0.29) is 12.5 Å². The molecule has 7 heteroatoms. The van der Waals surface area contributed by atoms with Crippen LogP contribution in [0.3, 0.4) is 0 Å². The summed E-state index contributed by atoms with van der Waals surface area (Å²) in [5.74, 6) is 0.272. The van der Waals surface area contributed by atoms with Crippen molar-refractivity contribution in [2.45, 2.75) is 13.5 Å². The van der Waals surface area contributed by atoms with Crippen molar-refractivity contribution >= 4 is 21.6 Å². The average Bonchev–Trinajstić information content (AvgIpc) is 2.58. The van der Waals surface area contributed by atoms with Crippen LogP contribution in [0.5, 0.6) is 5.75 Å². The number of anilines is 1. The second-order valence-corrected chi connectivity index (χ2v) is 7.79. The molecule has 2 rings (SSSR count). The van der Waals surface area contributed by atoms with Crippen LogP contribution in [0.25, 0.3) is 0 Å². The van der Waals surface area contributed by atoms with Crippen LogP contribution in [-0.2, 0) is 21.4 Å². The van der Waals surface area contributed by atoms with E-state index < -0.39 is 10.0 Å². The molecule has 0 aliphatic carbocycles. The van der Waals surface area contributed by atoms with Crippen LogP contribution in [0, 0.1) is 6.92 Å². The first-order valence-electron chi connectivity index (χ1n) is 7.75. The number of amides is 1. The van der Waals surface area contributed by atoms with Gasteiger partial charge in [0, 0.05) is 13.6 Å². The van der Waals surface area contributed by atoms with E-state index in [0.29, 0.717) is 18.0 Å². The number of nitrogens with zero attached hydrogens (tertiary/aromatic N) is 1. The summed E-state index contributed by atoms with van der Waals surface area (Å²) in [5, 5.41) is 2.79. The summed E-state index contributed by atoms with van der Waals surface area (Å²) in [7, 11) is -1.83. The SMILES string of the molecule is Cc1ccc(CNC(=O)COc2ccc(N(C)S(C)(=O)=O)cc2)cc1. The van der Waals surface area contributed by atoms with Gasteiger partial charge in [0.05, 0.1) is 11.9 Å². The molecule has 0 heterocycles. The number of carbonyl (C=O) groups is 1. The standard InChI is InChI=1S/C18H22N2O4S/c1-14-4-6-15(7-5-14)12-19-18(21)13-24-17-10-8-16(9-11-17)20(2)25(3,22)23/h4-11H,12-13H2,1-3H3,(H,19,21). The smallest absolute Gasteiger partial charge is 0.258 e. The number of hydrogen-bond acceptors (Lipinski definition) is 4. The molecule has 1 N–H and O–H groups in total. The highest BCUT2D eigenvalue weighted by molar-refractivity contribution is 7.92. The molecule has 0 aliphatic rings. The zero-order valence-electron chi connectivity index (χ0n) is 14.5. The molecule has 0 fully saturated rings. The molecular formula is C18H22N2O4S. The van der Waals surface area contributed by atoms with Crippen LogP contribution in [-0.4, -0.2) is 34.2 Å². The van der Waals surface area contributed by atoms with E-state index in [4.69, 9.17) is 4.74 Å². The molecule has 0 atom stereocenters. The Hall–Kier alpha value is -2.54. The predicted molar refractivity (Wildman–Crippen MR) is 98.2 cm³/mol. The van der Waals surface area contributed by atoms with Gasteiger partial charge in [0.25, 0.3) is 5.91 Å². The maximum atomic E-state index is 11.8. The number of hydrogen-bond donors (Lipinski definition) is 1. The van der Waals surface area contributed by atoms with Crippen LogP contribution in [0.15, 0.2) is 48.5 Å². The van der Waals surface area contributed by atoms with Gasteiger partial charge in [-0.3, -0.25) is 9.10 Å². The first-order valence-corrected chi connectivity index (χ1v) is 9.59. The van der Waals surface area contributed by atoms with Crippen LogP contribution in [0.1, 0.15) is 11.1 Å². The second-order valence-electron chi connectivity index (χ2n) is 5.78. The Labute approximate surface area is 148 Å². The van der Waals surface area contributed by atoms with Crippen molar-refractivity contribution in [1.82, 2.24) is 5.32 Å². The lowest BCUT2D eigenvalue weighted by molar-refractivity contribution is -0.123. The quantitative estimate of drug-likeness (QED) is 0.818. The van der Waals surface area contributed by atoms with Crippen molar-refractivity contribution in [1.29, 1.82) is 0 Å². The minimum Gasteiger partial charge on any atom is -0.484 e. The van der Waals surface area contributed by atoms with Crippen LogP contribution in [0.2, 0.25) is 0 Å². The molecule has 0 aliphatic heterocycles. The van der Waals surface area contributed by atoms with Crippen LogP contribution < -0.4 is 14.4 Å². The number of nitrogens with one attached hydrogen (secondary N) is 1. The van der Waals surface area contributed by atoms with Gasteiger partial charge in [-0.05, 0) is 36.8 Å². The first-order chi connectivity index (χ1) is 11.8. The zero-order valence-corrected chi connectivity index (χ0v) is 15.3. The van der Waals surface area contributed by atoms with Crippen molar-refractivity contribution < 1.29 is 17.9 Å². The van der Waals surface area contributed by atoms with E-state index >= 15 is 0 Å². The summed E-state index contributed by atoms with van der Waals surface area (Å²) in [6.07, 6.45) is 1.13. The fourth-order valence-corrected chi connectivity index (χ4v) is 2.55. The average molecular weight is 362 g/mol. The van der Waals surface area contributed by atoms with Crippen molar-refractivity contribution in [3.05, 3.63) is 59.7 Å². The van der Waals surface area contributed by atoms with Gasteiger partial charge < -0.3 is 10.1 Å². The minimum absolute atomic E-state index is 0.104. The van der Waals surface area contributed by atoms with E-state index in [1.807, 2.05) is 31.2 Å². The molecular weight excluding hydrogens is 340 g/mol.